The third-order valence-corrected chi connectivity index (χ3v) is 7.16. The molecule has 152 valence electrons. The Hall–Kier alpha value is -4.36. The molecule has 0 aliphatic carbocycles. The van der Waals surface area contributed by atoms with Crippen molar-refractivity contribution in [3.63, 3.8) is 0 Å². The summed E-state index contributed by atoms with van der Waals surface area (Å²) >= 11 is 0. The summed E-state index contributed by atoms with van der Waals surface area (Å²) in [6.07, 6.45) is 0. The SMILES string of the molecule is c1ccc2c(c1)ccc1c3ccc(-c4cc5ccc6cccc7ccc(c4)c5c67)cc3oc21. The summed E-state index contributed by atoms with van der Waals surface area (Å²) in [6.45, 7) is 0. The van der Waals surface area contributed by atoms with Gasteiger partial charge in [-0.2, -0.15) is 0 Å². The molecule has 0 fully saturated rings. The van der Waals surface area contributed by atoms with E-state index in [4.69, 9.17) is 4.42 Å². The summed E-state index contributed by atoms with van der Waals surface area (Å²) in [6, 6.07) is 39.5. The van der Waals surface area contributed by atoms with Gasteiger partial charge in [-0.15, -0.1) is 0 Å². The van der Waals surface area contributed by atoms with E-state index >= 15 is 0 Å². The fourth-order valence-electron chi connectivity index (χ4n) is 5.60. The van der Waals surface area contributed by atoms with E-state index in [0.29, 0.717) is 0 Å². The number of hydrogen-bond acceptors (Lipinski definition) is 1. The summed E-state index contributed by atoms with van der Waals surface area (Å²) in [5.74, 6) is 0. The van der Waals surface area contributed by atoms with Crippen molar-refractivity contribution in [2.75, 3.05) is 0 Å². The highest BCUT2D eigenvalue weighted by molar-refractivity contribution is 6.24. The van der Waals surface area contributed by atoms with Crippen molar-refractivity contribution in [1.29, 1.82) is 0 Å². The molecule has 0 spiro atoms. The Morgan fingerprint density at radius 1 is 0.394 bits per heavy atom. The Balaban J connectivity index is 1.39. The first kappa shape index (κ1) is 17.2. The second-order valence-electron chi connectivity index (χ2n) is 8.98. The maximum Gasteiger partial charge on any atom is 0.143 e. The van der Waals surface area contributed by atoms with Crippen LogP contribution in [0.2, 0.25) is 0 Å². The van der Waals surface area contributed by atoms with Crippen molar-refractivity contribution in [2.24, 2.45) is 0 Å². The van der Waals surface area contributed by atoms with Crippen molar-refractivity contribution in [1.82, 2.24) is 0 Å². The lowest BCUT2D eigenvalue weighted by Crippen LogP contribution is -1.85. The minimum Gasteiger partial charge on any atom is -0.455 e. The second kappa shape index (κ2) is 6.11. The molecule has 0 radical (unpaired) electrons. The van der Waals surface area contributed by atoms with Gasteiger partial charge < -0.3 is 4.42 Å². The predicted octanol–water partition coefficient (Wildman–Crippen LogP) is 9.30. The summed E-state index contributed by atoms with van der Waals surface area (Å²) in [5.41, 5.74) is 4.30. The van der Waals surface area contributed by atoms with Crippen LogP contribution in [0.1, 0.15) is 0 Å². The number of furan rings is 1. The number of rotatable bonds is 1. The molecule has 0 aliphatic heterocycles. The number of fused-ring (bicyclic) bond motifs is 5. The minimum atomic E-state index is 0.934. The van der Waals surface area contributed by atoms with Crippen molar-refractivity contribution in [3.05, 3.63) is 109 Å². The largest absolute Gasteiger partial charge is 0.455 e. The van der Waals surface area contributed by atoms with E-state index in [1.165, 1.54) is 54.2 Å². The van der Waals surface area contributed by atoms with E-state index < -0.39 is 0 Å². The highest BCUT2D eigenvalue weighted by Gasteiger charge is 2.13. The van der Waals surface area contributed by atoms with Gasteiger partial charge in [0.05, 0.1) is 0 Å². The van der Waals surface area contributed by atoms with Crippen LogP contribution >= 0.6 is 0 Å². The Kier molecular flexibility index (Phi) is 3.19. The molecule has 1 nitrogen and oxygen atoms in total. The van der Waals surface area contributed by atoms with Crippen LogP contribution in [0.25, 0.3) is 76.2 Å². The standard InChI is InChI=1S/C32H18O/c1-2-7-26-19(4-1)12-15-28-27-14-13-22(18-29(27)33-32(26)28)25-16-23-10-8-20-5-3-6-21-9-11-24(17-25)31(23)30(20)21/h1-18H. The van der Waals surface area contributed by atoms with Crippen LogP contribution < -0.4 is 0 Å². The molecule has 0 saturated carbocycles. The zero-order valence-electron chi connectivity index (χ0n) is 17.8. The van der Waals surface area contributed by atoms with Gasteiger partial charge in [0.15, 0.2) is 0 Å². The predicted molar refractivity (Wildman–Crippen MR) is 140 cm³/mol. The highest BCUT2D eigenvalue weighted by Crippen LogP contribution is 2.39. The molecule has 0 aliphatic rings. The van der Waals surface area contributed by atoms with Crippen LogP contribution in [-0.4, -0.2) is 0 Å². The zero-order valence-corrected chi connectivity index (χ0v) is 17.8. The molecular formula is C32H18O. The Morgan fingerprint density at radius 2 is 1.03 bits per heavy atom. The van der Waals surface area contributed by atoms with Gasteiger partial charge in [0.25, 0.3) is 0 Å². The summed E-state index contributed by atoms with van der Waals surface area (Å²) < 4.78 is 6.43. The van der Waals surface area contributed by atoms with Crippen molar-refractivity contribution in [2.45, 2.75) is 0 Å². The molecule has 1 heteroatoms. The van der Waals surface area contributed by atoms with Gasteiger partial charge in [-0.05, 0) is 79.2 Å². The lowest BCUT2D eigenvalue weighted by atomic mass is 9.91. The van der Waals surface area contributed by atoms with Gasteiger partial charge in [-0.3, -0.25) is 0 Å². The Morgan fingerprint density at radius 3 is 1.85 bits per heavy atom. The first-order valence-electron chi connectivity index (χ1n) is 11.4. The summed E-state index contributed by atoms with van der Waals surface area (Å²) in [4.78, 5) is 0. The fourth-order valence-corrected chi connectivity index (χ4v) is 5.60. The average molecular weight is 418 g/mol. The van der Waals surface area contributed by atoms with Crippen molar-refractivity contribution >= 4 is 65.0 Å². The van der Waals surface area contributed by atoms with Gasteiger partial charge in [-0.25, -0.2) is 0 Å². The molecule has 1 aromatic heterocycles. The average Bonchev–Trinajstić information content (AvgIpc) is 3.25. The number of hydrogen-bond donors (Lipinski definition) is 0. The summed E-state index contributed by atoms with van der Waals surface area (Å²) in [7, 11) is 0. The van der Waals surface area contributed by atoms with Crippen LogP contribution in [0.15, 0.2) is 114 Å². The smallest absolute Gasteiger partial charge is 0.143 e. The van der Waals surface area contributed by atoms with Gasteiger partial charge in [0, 0.05) is 16.2 Å². The molecule has 1 heterocycles. The van der Waals surface area contributed by atoms with E-state index in [-0.39, 0.29) is 0 Å². The highest BCUT2D eigenvalue weighted by atomic mass is 16.3. The lowest BCUT2D eigenvalue weighted by molar-refractivity contribution is 0.673. The van der Waals surface area contributed by atoms with E-state index in [2.05, 4.69) is 109 Å². The molecule has 0 saturated heterocycles. The van der Waals surface area contributed by atoms with Gasteiger partial charge >= 0.3 is 0 Å². The molecule has 0 N–H and O–H groups in total. The quantitative estimate of drug-likeness (QED) is 0.242. The summed E-state index contributed by atoms with van der Waals surface area (Å²) in [5, 5.41) is 12.6. The molecular weight excluding hydrogens is 400 g/mol. The molecule has 7 aromatic carbocycles. The van der Waals surface area contributed by atoms with Gasteiger partial charge in [-0.1, -0.05) is 78.9 Å². The molecule has 8 rings (SSSR count). The monoisotopic (exact) mass is 418 g/mol. The van der Waals surface area contributed by atoms with E-state index in [1.54, 1.807) is 0 Å². The third-order valence-electron chi connectivity index (χ3n) is 7.16. The lowest BCUT2D eigenvalue weighted by Gasteiger charge is -2.12. The molecule has 8 aromatic rings. The zero-order chi connectivity index (χ0) is 21.5. The van der Waals surface area contributed by atoms with Crippen LogP contribution in [0, 0.1) is 0 Å². The van der Waals surface area contributed by atoms with Gasteiger partial charge in [0.2, 0.25) is 0 Å². The number of benzene rings is 7. The normalized spacial score (nSPS) is 12.2. The first-order valence-corrected chi connectivity index (χ1v) is 11.4. The topological polar surface area (TPSA) is 13.1 Å². The molecule has 0 bridgehead atoms. The van der Waals surface area contributed by atoms with Gasteiger partial charge in [0.1, 0.15) is 11.2 Å². The Labute approximate surface area is 189 Å². The van der Waals surface area contributed by atoms with E-state index in [9.17, 15) is 0 Å². The first-order chi connectivity index (χ1) is 16.3. The maximum atomic E-state index is 6.43. The van der Waals surface area contributed by atoms with E-state index in [0.717, 1.165) is 21.9 Å². The van der Waals surface area contributed by atoms with Crippen molar-refractivity contribution < 1.29 is 4.42 Å². The fraction of sp³-hybridized carbons (Fsp3) is 0. The second-order valence-corrected chi connectivity index (χ2v) is 8.98. The molecule has 0 unspecified atom stereocenters. The van der Waals surface area contributed by atoms with E-state index in [1.807, 2.05) is 0 Å². The third kappa shape index (κ3) is 2.31. The van der Waals surface area contributed by atoms with Crippen LogP contribution in [0.5, 0.6) is 0 Å². The van der Waals surface area contributed by atoms with Crippen molar-refractivity contribution in [3.8, 4) is 11.1 Å². The molecule has 0 atom stereocenters. The van der Waals surface area contributed by atoms with Crippen LogP contribution in [0.3, 0.4) is 0 Å². The molecule has 0 amide bonds. The van der Waals surface area contributed by atoms with Crippen LogP contribution in [0.4, 0.5) is 0 Å². The molecule has 33 heavy (non-hydrogen) atoms. The minimum absolute atomic E-state index is 0.934. The van der Waals surface area contributed by atoms with Crippen LogP contribution in [-0.2, 0) is 0 Å². The Bertz CT molecular complexity index is 1960. The maximum absolute atomic E-state index is 6.43.